The Labute approximate surface area is 214 Å². The molecule has 184 valence electrons. The normalized spacial score (nSPS) is 11.7. The Morgan fingerprint density at radius 3 is 2.29 bits per heavy atom. The zero-order chi connectivity index (χ0) is 25.4. The molecule has 3 aromatic carbocycles. The van der Waals surface area contributed by atoms with E-state index in [1.807, 2.05) is 44.2 Å². The van der Waals surface area contributed by atoms with Crippen LogP contribution in [-0.4, -0.2) is 35.4 Å². The van der Waals surface area contributed by atoms with Crippen molar-refractivity contribution < 1.29 is 18.7 Å². The van der Waals surface area contributed by atoms with Gasteiger partial charge in [-0.25, -0.2) is 4.39 Å². The summed E-state index contributed by atoms with van der Waals surface area (Å²) in [6, 6.07) is 19.3. The van der Waals surface area contributed by atoms with Gasteiger partial charge in [0.05, 0.1) is 10.0 Å². The van der Waals surface area contributed by atoms with Crippen molar-refractivity contribution in [3.63, 3.8) is 0 Å². The quantitative estimate of drug-likeness (QED) is 0.377. The summed E-state index contributed by atoms with van der Waals surface area (Å²) >= 11 is 12.3. The van der Waals surface area contributed by atoms with Crippen molar-refractivity contribution in [2.75, 3.05) is 6.61 Å². The summed E-state index contributed by atoms with van der Waals surface area (Å²) in [5.41, 5.74) is 1.58. The number of hydrogen-bond acceptors (Lipinski definition) is 3. The van der Waals surface area contributed by atoms with E-state index >= 15 is 0 Å². The Hall–Kier alpha value is -3.09. The molecule has 0 heterocycles. The summed E-state index contributed by atoms with van der Waals surface area (Å²) in [7, 11) is 0. The molecule has 0 saturated heterocycles. The summed E-state index contributed by atoms with van der Waals surface area (Å²) in [5.74, 6) is -1.39. The van der Waals surface area contributed by atoms with Gasteiger partial charge in [-0.05, 0) is 49.2 Å². The number of ether oxygens (including phenoxy) is 1. The molecule has 3 aromatic rings. The van der Waals surface area contributed by atoms with E-state index in [0.717, 1.165) is 5.56 Å². The van der Waals surface area contributed by atoms with Crippen LogP contribution in [0.1, 0.15) is 25.0 Å². The highest BCUT2D eigenvalue weighted by Crippen LogP contribution is 2.24. The number of nitrogens with one attached hydrogen (secondary N) is 1. The van der Waals surface area contributed by atoms with Crippen molar-refractivity contribution in [2.24, 2.45) is 0 Å². The Morgan fingerprint density at radius 2 is 1.63 bits per heavy atom. The topological polar surface area (TPSA) is 58.6 Å². The van der Waals surface area contributed by atoms with Crippen LogP contribution in [0.25, 0.3) is 0 Å². The Morgan fingerprint density at radius 1 is 0.943 bits per heavy atom. The van der Waals surface area contributed by atoms with Crippen molar-refractivity contribution in [1.82, 2.24) is 10.2 Å². The number of amides is 2. The smallest absolute Gasteiger partial charge is 0.261 e. The van der Waals surface area contributed by atoms with Crippen molar-refractivity contribution in [3.8, 4) is 5.75 Å². The summed E-state index contributed by atoms with van der Waals surface area (Å²) in [5, 5.41) is 3.63. The highest BCUT2D eigenvalue weighted by Gasteiger charge is 2.31. The predicted octanol–water partition coefficient (Wildman–Crippen LogP) is 5.68. The molecule has 8 heteroatoms. The van der Waals surface area contributed by atoms with Gasteiger partial charge in [0.15, 0.2) is 18.2 Å². The first-order valence-corrected chi connectivity index (χ1v) is 11.9. The molecule has 5 nitrogen and oxygen atoms in total. The van der Waals surface area contributed by atoms with Gasteiger partial charge >= 0.3 is 0 Å². The zero-order valence-corrected chi connectivity index (χ0v) is 21.0. The molecule has 35 heavy (non-hydrogen) atoms. The number of halogens is 3. The summed E-state index contributed by atoms with van der Waals surface area (Å²) < 4.78 is 19.5. The molecule has 1 atom stereocenters. The first-order valence-electron chi connectivity index (χ1n) is 11.2. The lowest BCUT2D eigenvalue weighted by Gasteiger charge is -2.32. The molecule has 0 aromatic heterocycles. The van der Waals surface area contributed by atoms with Gasteiger partial charge in [0.1, 0.15) is 6.04 Å². The zero-order valence-electron chi connectivity index (χ0n) is 19.5. The molecule has 0 fully saturated rings. The number of hydrogen-bond donors (Lipinski definition) is 1. The highest BCUT2D eigenvalue weighted by molar-refractivity contribution is 6.42. The molecular weight excluding hydrogens is 490 g/mol. The first-order chi connectivity index (χ1) is 16.7. The summed E-state index contributed by atoms with van der Waals surface area (Å²) in [4.78, 5) is 28.2. The van der Waals surface area contributed by atoms with E-state index in [2.05, 4.69) is 5.32 Å². The van der Waals surface area contributed by atoms with Crippen LogP contribution < -0.4 is 10.1 Å². The summed E-state index contributed by atoms with van der Waals surface area (Å²) in [6.45, 7) is 3.34. The standard InChI is InChI=1S/C27H27Cl2FN2O3/c1-18(2)31-27(34)24(15-19-8-4-3-5-9-19)32(16-20-12-13-21(28)22(29)14-20)26(33)17-35-25-11-7-6-10-23(25)30/h3-14,18,24H,15-17H2,1-2H3,(H,31,34)/t24-/m1/s1. The molecule has 0 spiro atoms. The van der Waals surface area contributed by atoms with Crippen LogP contribution in [0.2, 0.25) is 10.0 Å². The fourth-order valence-corrected chi connectivity index (χ4v) is 3.87. The molecule has 0 radical (unpaired) electrons. The third-order valence-corrected chi connectivity index (χ3v) is 5.97. The molecule has 0 unspecified atom stereocenters. The molecule has 1 N–H and O–H groups in total. The molecule has 0 aliphatic carbocycles. The Balaban J connectivity index is 1.93. The van der Waals surface area contributed by atoms with Gasteiger partial charge in [0.2, 0.25) is 5.91 Å². The number of carbonyl (C=O) groups is 2. The van der Waals surface area contributed by atoms with E-state index in [0.29, 0.717) is 15.6 Å². The molecule has 2 amide bonds. The summed E-state index contributed by atoms with van der Waals surface area (Å²) in [6.07, 6.45) is 0.284. The number of carbonyl (C=O) groups excluding carboxylic acids is 2. The lowest BCUT2D eigenvalue weighted by Crippen LogP contribution is -2.52. The maximum Gasteiger partial charge on any atom is 0.261 e. The molecular formula is C27H27Cl2FN2O3. The minimum Gasteiger partial charge on any atom is -0.481 e. The Bertz CT molecular complexity index is 1160. The van der Waals surface area contributed by atoms with Crippen LogP contribution in [0.4, 0.5) is 4.39 Å². The van der Waals surface area contributed by atoms with Crippen LogP contribution in [0.15, 0.2) is 72.8 Å². The third-order valence-electron chi connectivity index (χ3n) is 5.23. The van der Waals surface area contributed by atoms with E-state index < -0.39 is 24.4 Å². The van der Waals surface area contributed by atoms with Crippen LogP contribution in [-0.2, 0) is 22.6 Å². The van der Waals surface area contributed by atoms with Crippen molar-refractivity contribution in [2.45, 2.75) is 38.9 Å². The van der Waals surface area contributed by atoms with E-state index in [1.54, 1.807) is 24.3 Å². The predicted molar refractivity (Wildman–Crippen MR) is 136 cm³/mol. The fourth-order valence-electron chi connectivity index (χ4n) is 3.55. The van der Waals surface area contributed by atoms with Gasteiger partial charge in [-0.15, -0.1) is 0 Å². The van der Waals surface area contributed by atoms with Gasteiger partial charge in [-0.1, -0.05) is 71.7 Å². The number of para-hydroxylation sites is 1. The first kappa shape index (κ1) is 26.5. The second-order valence-electron chi connectivity index (χ2n) is 8.36. The van der Waals surface area contributed by atoms with E-state index in [4.69, 9.17) is 27.9 Å². The number of nitrogens with zero attached hydrogens (tertiary/aromatic N) is 1. The van der Waals surface area contributed by atoms with E-state index in [9.17, 15) is 14.0 Å². The molecule has 0 saturated carbocycles. The van der Waals surface area contributed by atoms with Crippen LogP contribution >= 0.6 is 23.2 Å². The SMILES string of the molecule is CC(C)NC(=O)[C@@H](Cc1ccccc1)N(Cc1ccc(Cl)c(Cl)c1)C(=O)COc1ccccc1F. The van der Waals surface area contributed by atoms with E-state index in [-0.39, 0.29) is 30.7 Å². The second-order valence-corrected chi connectivity index (χ2v) is 9.17. The second kappa shape index (κ2) is 12.6. The van der Waals surface area contributed by atoms with Gasteiger partial charge < -0.3 is 15.0 Å². The maximum atomic E-state index is 14.0. The molecule has 0 aliphatic rings. The average molecular weight is 517 g/mol. The molecule has 3 rings (SSSR count). The van der Waals surface area contributed by atoms with Crippen LogP contribution in [0, 0.1) is 5.82 Å². The van der Waals surface area contributed by atoms with Gasteiger partial charge in [-0.2, -0.15) is 0 Å². The lowest BCUT2D eigenvalue weighted by molar-refractivity contribution is -0.143. The number of rotatable bonds is 10. The minimum absolute atomic E-state index is 0.0402. The van der Waals surface area contributed by atoms with Crippen LogP contribution in [0.3, 0.4) is 0 Å². The van der Waals surface area contributed by atoms with Gasteiger partial charge in [0.25, 0.3) is 5.91 Å². The number of benzene rings is 3. The monoisotopic (exact) mass is 516 g/mol. The molecule has 0 bridgehead atoms. The van der Waals surface area contributed by atoms with E-state index in [1.165, 1.54) is 23.1 Å². The van der Waals surface area contributed by atoms with Gasteiger partial charge in [-0.3, -0.25) is 9.59 Å². The average Bonchev–Trinajstić information content (AvgIpc) is 2.83. The van der Waals surface area contributed by atoms with Crippen molar-refractivity contribution >= 4 is 35.0 Å². The Kier molecular flexibility index (Phi) is 9.52. The third kappa shape index (κ3) is 7.70. The van der Waals surface area contributed by atoms with Gasteiger partial charge in [0, 0.05) is 19.0 Å². The fraction of sp³-hybridized carbons (Fsp3) is 0.259. The largest absolute Gasteiger partial charge is 0.481 e. The highest BCUT2D eigenvalue weighted by atomic mass is 35.5. The maximum absolute atomic E-state index is 14.0. The lowest BCUT2D eigenvalue weighted by atomic mass is 10.0. The van der Waals surface area contributed by atoms with Crippen LogP contribution in [0.5, 0.6) is 5.75 Å². The minimum atomic E-state index is -0.842. The van der Waals surface area contributed by atoms with Crippen molar-refractivity contribution in [1.29, 1.82) is 0 Å². The van der Waals surface area contributed by atoms with Crippen molar-refractivity contribution in [3.05, 3.63) is 99.8 Å². The molecule has 0 aliphatic heterocycles.